The van der Waals surface area contributed by atoms with E-state index in [1.165, 1.54) is 12.8 Å². The number of aliphatic hydroxyl groups excluding tert-OH is 1. The first-order valence-electron chi connectivity index (χ1n) is 6.44. The van der Waals surface area contributed by atoms with Crippen molar-refractivity contribution in [2.24, 2.45) is 11.8 Å². The van der Waals surface area contributed by atoms with Crippen molar-refractivity contribution < 1.29 is 14.6 Å². The minimum atomic E-state index is -0.370. The Morgan fingerprint density at radius 2 is 2.00 bits per heavy atom. The van der Waals surface area contributed by atoms with Crippen LogP contribution in [-0.4, -0.2) is 24.3 Å². The fourth-order valence-electron chi connectivity index (χ4n) is 1.70. The third kappa shape index (κ3) is 7.97. The Morgan fingerprint density at radius 3 is 2.47 bits per heavy atom. The van der Waals surface area contributed by atoms with Crippen molar-refractivity contribution in [3.63, 3.8) is 0 Å². The first-order chi connectivity index (χ1) is 8.01. The van der Waals surface area contributed by atoms with Crippen LogP contribution in [0.3, 0.4) is 0 Å². The largest absolute Gasteiger partial charge is 0.462 e. The molecule has 0 fully saturated rings. The quantitative estimate of drug-likeness (QED) is 0.499. The zero-order chi connectivity index (χ0) is 13.3. The summed E-state index contributed by atoms with van der Waals surface area (Å²) in [4.78, 5) is 11.2. The van der Waals surface area contributed by atoms with Gasteiger partial charge in [-0.2, -0.15) is 0 Å². The van der Waals surface area contributed by atoms with Gasteiger partial charge >= 0.3 is 5.97 Å². The van der Waals surface area contributed by atoms with Gasteiger partial charge in [0, 0.05) is 18.1 Å². The van der Waals surface area contributed by atoms with Crippen molar-refractivity contribution in [1.29, 1.82) is 0 Å². The highest BCUT2D eigenvalue weighted by atomic mass is 16.5. The molecule has 0 aliphatic rings. The second-order valence-electron chi connectivity index (χ2n) is 4.90. The highest BCUT2D eigenvalue weighted by molar-refractivity contribution is 5.86. The number of ether oxygens (including phenoxy) is 1. The maximum Gasteiger partial charge on any atom is 0.333 e. The Hall–Kier alpha value is -0.830. The van der Waals surface area contributed by atoms with Gasteiger partial charge in [0.2, 0.25) is 0 Å². The zero-order valence-electron chi connectivity index (χ0n) is 11.4. The molecule has 0 spiro atoms. The van der Waals surface area contributed by atoms with Crippen LogP contribution >= 0.6 is 0 Å². The molecule has 17 heavy (non-hydrogen) atoms. The van der Waals surface area contributed by atoms with E-state index in [0.717, 1.165) is 12.8 Å². The van der Waals surface area contributed by atoms with Gasteiger partial charge in [-0.25, -0.2) is 4.79 Å². The van der Waals surface area contributed by atoms with Gasteiger partial charge in [0.25, 0.3) is 0 Å². The van der Waals surface area contributed by atoms with Crippen LogP contribution in [-0.2, 0) is 9.53 Å². The third-order valence-corrected chi connectivity index (χ3v) is 2.91. The summed E-state index contributed by atoms with van der Waals surface area (Å²) in [5, 5.41) is 9.21. The van der Waals surface area contributed by atoms with E-state index < -0.39 is 0 Å². The summed E-state index contributed by atoms with van der Waals surface area (Å²) in [6.45, 7) is 9.90. The van der Waals surface area contributed by atoms with Gasteiger partial charge in [-0.05, 0) is 19.3 Å². The van der Waals surface area contributed by atoms with E-state index in [1.54, 1.807) is 6.92 Å². The minimum absolute atomic E-state index is 0.0533. The van der Waals surface area contributed by atoms with E-state index in [2.05, 4.69) is 20.4 Å². The van der Waals surface area contributed by atoms with E-state index in [1.807, 2.05) is 0 Å². The Labute approximate surface area is 105 Å². The fourth-order valence-corrected chi connectivity index (χ4v) is 1.70. The van der Waals surface area contributed by atoms with Crippen molar-refractivity contribution in [3.8, 4) is 0 Å². The van der Waals surface area contributed by atoms with Crippen LogP contribution in [0.25, 0.3) is 0 Å². The van der Waals surface area contributed by atoms with Crippen molar-refractivity contribution in [1.82, 2.24) is 0 Å². The Morgan fingerprint density at radius 1 is 1.35 bits per heavy atom. The monoisotopic (exact) mass is 242 g/mol. The first-order valence-corrected chi connectivity index (χ1v) is 6.44. The molecule has 0 rings (SSSR count). The molecule has 2 unspecified atom stereocenters. The van der Waals surface area contributed by atoms with Gasteiger partial charge in [-0.1, -0.05) is 39.7 Å². The van der Waals surface area contributed by atoms with Crippen LogP contribution in [0.1, 0.15) is 46.5 Å². The molecule has 3 nitrogen and oxygen atoms in total. The molecule has 1 N–H and O–H groups in total. The molecule has 0 aromatic rings. The molecule has 0 amide bonds. The smallest absolute Gasteiger partial charge is 0.333 e. The summed E-state index contributed by atoms with van der Waals surface area (Å²) in [6.07, 6.45) is 4.38. The zero-order valence-corrected chi connectivity index (χ0v) is 11.4. The number of hydrogen-bond acceptors (Lipinski definition) is 3. The molecule has 0 saturated heterocycles. The van der Waals surface area contributed by atoms with Crippen LogP contribution in [0.5, 0.6) is 0 Å². The van der Waals surface area contributed by atoms with Crippen LogP contribution in [0.4, 0.5) is 0 Å². The topological polar surface area (TPSA) is 46.5 Å². The number of carbonyl (C=O) groups is 1. The summed E-state index contributed by atoms with van der Waals surface area (Å²) in [7, 11) is 0. The number of carbonyl (C=O) groups excluding carboxylic acids is 1. The summed E-state index contributed by atoms with van der Waals surface area (Å²) < 4.78 is 5.05. The molecule has 0 aromatic carbocycles. The van der Waals surface area contributed by atoms with E-state index in [0.29, 0.717) is 18.1 Å². The van der Waals surface area contributed by atoms with Crippen molar-refractivity contribution >= 4 is 5.97 Å². The molecule has 100 valence electrons. The number of esters is 1. The van der Waals surface area contributed by atoms with Gasteiger partial charge < -0.3 is 9.84 Å². The van der Waals surface area contributed by atoms with Gasteiger partial charge in [0.1, 0.15) is 0 Å². The van der Waals surface area contributed by atoms with E-state index in [9.17, 15) is 9.90 Å². The van der Waals surface area contributed by atoms with Crippen LogP contribution in [0, 0.1) is 11.8 Å². The van der Waals surface area contributed by atoms with Crippen molar-refractivity contribution in [2.45, 2.75) is 46.5 Å². The Bertz CT molecular complexity index is 236. The van der Waals surface area contributed by atoms with Crippen molar-refractivity contribution in [2.75, 3.05) is 13.2 Å². The lowest BCUT2D eigenvalue weighted by molar-refractivity contribution is -0.140. The number of aliphatic hydroxyl groups is 1. The predicted octanol–water partition coefficient (Wildman–Crippen LogP) is 2.93. The molecule has 0 aliphatic carbocycles. The van der Waals surface area contributed by atoms with Crippen LogP contribution in [0.15, 0.2) is 12.2 Å². The molecule has 0 radical (unpaired) electrons. The molecule has 0 aromatic heterocycles. The second kappa shape index (κ2) is 9.23. The van der Waals surface area contributed by atoms with Crippen LogP contribution < -0.4 is 0 Å². The highest BCUT2D eigenvalue weighted by Crippen LogP contribution is 2.17. The molecular weight excluding hydrogens is 216 g/mol. The molecule has 0 bridgehead atoms. The van der Waals surface area contributed by atoms with Gasteiger partial charge in [0.15, 0.2) is 0 Å². The third-order valence-electron chi connectivity index (χ3n) is 2.91. The van der Waals surface area contributed by atoms with Gasteiger partial charge in [-0.3, -0.25) is 0 Å². The standard InChI is InChI=1S/C14H26O3/c1-5-6-12(4)7-8-13(9-15)10-17-14(16)11(2)3/h12-13,15H,2,5-10H2,1,3-4H3. The molecule has 0 saturated carbocycles. The van der Waals surface area contributed by atoms with E-state index >= 15 is 0 Å². The summed E-state index contributed by atoms with van der Waals surface area (Å²) >= 11 is 0. The molecule has 3 heteroatoms. The average molecular weight is 242 g/mol. The van der Waals surface area contributed by atoms with Crippen LogP contribution in [0.2, 0.25) is 0 Å². The SMILES string of the molecule is C=C(C)C(=O)OCC(CO)CCC(C)CCC. The Balaban J connectivity index is 3.84. The van der Waals surface area contributed by atoms with Crippen molar-refractivity contribution in [3.05, 3.63) is 12.2 Å². The van der Waals surface area contributed by atoms with Gasteiger partial charge in [-0.15, -0.1) is 0 Å². The number of rotatable bonds is 9. The normalized spacial score (nSPS) is 14.1. The molecule has 0 aliphatic heterocycles. The molecular formula is C14H26O3. The highest BCUT2D eigenvalue weighted by Gasteiger charge is 2.13. The lowest BCUT2D eigenvalue weighted by Gasteiger charge is -2.17. The maximum atomic E-state index is 11.2. The predicted molar refractivity (Wildman–Crippen MR) is 69.7 cm³/mol. The lowest BCUT2D eigenvalue weighted by Crippen LogP contribution is -2.18. The summed E-state index contributed by atoms with van der Waals surface area (Å²) in [5.74, 6) is 0.355. The first kappa shape index (κ1) is 16.2. The lowest BCUT2D eigenvalue weighted by atomic mass is 9.95. The average Bonchev–Trinajstić information content (AvgIpc) is 2.29. The summed E-state index contributed by atoms with van der Waals surface area (Å²) in [5.41, 5.74) is 0.404. The second-order valence-corrected chi connectivity index (χ2v) is 4.90. The molecule has 0 heterocycles. The fraction of sp³-hybridized carbons (Fsp3) is 0.786. The Kier molecular flexibility index (Phi) is 8.78. The maximum absolute atomic E-state index is 11.2. The van der Waals surface area contributed by atoms with E-state index in [-0.39, 0.29) is 18.5 Å². The summed E-state index contributed by atoms with van der Waals surface area (Å²) in [6, 6.07) is 0. The minimum Gasteiger partial charge on any atom is -0.462 e. The van der Waals surface area contributed by atoms with Gasteiger partial charge in [0.05, 0.1) is 6.61 Å². The number of hydrogen-bond donors (Lipinski definition) is 1. The van der Waals surface area contributed by atoms with E-state index in [4.69, 9.17) is 4.74 Å². The molecule has 2 atom stereocenters.